The molecule has 142 valence electrons. The number of hydrogen-bond acceptors (Lipinski definition) is 4. The first-order chi connectivity index (χ1) is 12.2. The van der Waals surface area contributed by atoms with Crippen molar-refractivity contribution in [2.45, 2.75) is 51.6 Å². The third-order valence-corrected chi connectivity index (χ3v) is 5.29. The van der Waals surface area contributed by atoms with Gasteiger partial charge in [0, 0.05) is 25.6 Å². The van der Waals surface area contributed by atoms with Crippen molar-refractivity contribution in [2.24, 2.45) is 5.92 Å². The highest BCUT2D eigenvalue weighted by Crippen LogP contribution is 2.36. The Morgan fingerprint density at radius 3 is 2.54 bits per heavy atom. The van der Waals surface area contributed by atoms with Gasteiger partial charge in [0.2, 0.25) is 0 Å². The Bertz CT molecular complexity index is 640. The molecule has 0 aliphatic carbocycles. The second kappa shape index (κ2) is 7.05. The number of rotatable bonds is 4. The van der Waals surface area contributed by atoms with Crippen LogP contribution in [0.3, 0.4) is 0 Å². The zero-order valence-corrected chi connectivity index (χ0v) is 16.3. The summed E-state index contributed by atoms with van der Waals surface area (Å²) in [5.74, 6) is 0.136. The molecule has 5 heteroatoms. The monoisotopic (exact) mass is 358 g/mol. The minimum absolute atomic E-state index is 0.136. The average molecular weight is 358 g/mol. The molecule has 0 N–H and O–H groups in total. The van der Waals surface area contributed by atoms with Crippen molar-refractivity contribution in [3.63, 3.8) is 0 Å². The normalized spacial score (nSPS) is 27.5. The van der Waals surface area contributed by atoms with Gasteiger partial charge in [-0.1, -0.05) is 36.4 Å². The van der Waals surface area contributed by atoms with Crippen LogP contribution in [0.4, 0.5) is 4.79 Å². The van der Waals surface area contributed by atoms with Gasteiger partial charge in [0.1, 0.15) is 11.8 Å². The summed E-state index contributed by atoms with van der Waals surface area (Å²) in [5, 5.41) is 0. The molecule has 1 amide bonds. The summed E-state index contributed by atoms with van der Waals surface area (Å²) in [7, 11) is 0. The number of hydrogen-bond donors (Lipinski definition) is 0. The molecule has 0 saturated carbocycles. The quantitative estimate of drug-likeness (QED) is 0.771. The highest BCUT2D eigenvalue weighted by Gasteiger charge is 2.50. The topological polar surface area (TPSA) is 42.0 Å². The third kappa shape index (κ3) is 3.79. The van der Waals surface area contributed by atoms with Gasteiger partial charge < -0.3 is 9.47 Å². The SMILES string of the molecule is C=C[C@@H]1CN(Cc2ccccc2)C[C@H]1OC(=O)N1C(C)(C)COC1(C)C. The molecule has 5 nitrogen and oxygen atoms in total. The summed E-state index contributed by atoms with van der Waals surface area (Å²) < 4.78 is 11.7. The summed E-state index contributed by atoms with van der Waals surface area (Å²) in [5.41, 5.74) is 0.219. The van der Waals surface area contributed by atoms with Crippen molar-refractivity contribution in [2.75, 3.05) is 19.7 Å². The second-order valence-electron chi connectivity index (χ2n) is 8.38. The number of carbonyl (C=O) groups is 1. The molecule has 0 radical (unpaired) electrons. The second-order valence-corrected chi connectivity index (χ2v) is 8.38. The molecule has 2 atom stereocenters. The van der Waals surface area contributed by atoms with Gasteiger partial charge >= 0.3 is 6.09 Å². The number of ether oxygens (including phenoxy) is 2. The fourth-order valence-electron chi connectivity index (χ4n) is 4.06. The zero-order valence-electron chi connectivity index (χ0n) is 16.3. The Kier molecular flexibility index (Phi) is 5.13. The van der Waals surface area contributed by atoms with Gasteiger partial charge in [-0.05, 0) is 33.3 Å². The molecule has 2 heterocycles. The molecule has 0 unspecified atom stereocenters. The first-order valence-corrected chi connectivity index (χ1v) is 9.27. The lowest BCUT2D eigenvalue weighted by molar-refractivity contribution is -0.0592. The van der Waals surface area contributed by atoms with Gasteiger partial charge in [0.25, 0.3) is 0 Å². The molecule has 0 bridgehead atoms. The minimum Gasteiger partial charge on any atom is -0.444 e. The molecule has 3 rings (SSSR count). The van der Waals surface area contributed by atoms with E-state index in [0.29, 0.717) is 13.2 Å². The van der Waals surface area contributed by atoms with Crippen molar-refractivity contribution in [1.82, 2.24) is 9.80 Å². The van der Waals surface area contributed by atoms with Crippen molar-refractivity contribution in [1.29, 1.82) is 0 Å². The van der Waals surface area contributed by atoms with Gasteiger partial charge in [0.05, 0.1) is 12.1 Å². The van der Waals surface area contributed by atoms with Crippen LogP contribution in [-0.4, -0.2) is 53.0 Å². The van der Waals surface area contributed by atoms with E-state index in [4.69, 9.17) is 9.47 Å². The Balaban J connectivity index is 1.66. The number of amides is 1. The van der Waals surface area contributed by atoms with Crippen LogP contribution in [0.2, 0.25) is 0 Å². The predicted octanol–water partition coefficient (Wildman–Crippen LogP) is 3.66. The maximum absolute atomic E-state index is 12.9. The van der Waals surface area contributed by atoms with E-state index in [9.17, 15) is 4.79 Å². The fraction of sp³-hybridized carbons (Fsp3) is 0.571. The lowest BCUT2D eigenvalue weighted by atomic mass is 10.0. The van der Waals surface area contributed by atoms with E-state index in [2.05, 4.69) is 23.6 Å². The van der Waals surface area contributed by atoms with Gasteiger partial charge in [-0.2, -0.15) is 0 Å². The smallest absolute Gasteiger partial charge is 0.412 e. The van der Waals surface area contributed by atoms with E-state index < -0.39 is 5.72 Å². The summed E-state index contributed by atoms with van der Waals surface area (Å²) in [6.07, 6.45) is 1.41. The van der Waals surface area contributed by atoms with E-state index in [-0.39, 0.29) is 23.7 Å². The molecule has 26 heavy (non-hydrogen) atoms. The van der Waals surface area contributed by atoms with Crippen LogP contribution in [0, 0.1) is 5.92 Å². The molecular formula is C21H30N2O3. The molecule has 1 aromatic rings. The maximum Gasteiger partial charge on any atom is 0.412 e. The van der Waals surface area contributed by atoms with Crippen LogP contribution in [0.5, 0.6) is 0 Å². The molecule has 1 aromatic carbocycles. The van der Waals surface area contributed by atoms with E-state index in [1.165, 1.54) is 5.56 Å². The highest BCUT2D eigenvalue weighted by molar-refractivity contribution is 5.70. The summed E-state index contributed by atoms with van der Waals surface area (Å²) in [6, 6.07) is 10.4. The Hall–Kier alpha value is -1.85. The molecule has 2 fully saturated rings. The van der Waals surface area contributed by atoms with Crippen molar-refractivity contribution in [3.8, 4) is 0 Å². The zero-order chi connectivity index (χ0) is 18.9. The Morgan fingerprint density at radius 1 is 1.27 bits per heavy atom. The number of carbonyl (C=O) groups excluding carboxylic acids is 1. The number of benzene rings is 1. The largest absolute Gasteiger partial charge is 0.444 e. The van der Waals surface area contributed by atoms with Crippen LogP contribution in [-0.2, 0) is 16.0 Å². The molecular weight excluding hydrogens is 328 g/mol. The lowest BCUT2D eigenvalue weighted by Crippen LogP contribution is -2.53. The summed E-state index contributed by atoms with van der Waals surface area (Å²) in [4.78, 5) is 17.0. The Morgan fingerprint density at radius 2 is 1.96 bits per heavy atom. The Labute approximate surface area is 156 Å². The first-order valence-electron chi connectivity index (χ1n) is 9.27. The average Bonchev–Trinajstić information content (AvgIpc) is 3.05. The number of likely N-dealkylation sites (tertiary alicyclic amines) is 1. The van der Waals surface area contributed by atoms with Crippen molar-refractivity contribution < 1.29 is 14.3 Å². The van der Waals surface area contributed by atoms with E-state index in [1.807, 2.05) is 52.0 Å². The molecule has 0 spiro atoms. The summed E-state index contributed by atoms with van der Waals surface area (Å²) >= 11 is 0. The molecule has 2 aliphatic heterocycles. The van der Waals surface area contributed by atoms with Gasteiger partial charge in [-0.15, -0.1) is 6.58 Å². The standard InChI is InChI=1S/C21H30N2O3/c1-6-17-13-22(12-16-10-8-7-9-11-16)14-18(17)26-19(24)23-20(2,3)15-25-21(23,4)5/h6-11,17-18H,1,12-15H2,2-5H3/t17-,18-/m1/s1. The lowest BCUT2D eigenvalue weighted by Gasteiger charge is -2.37. The van der Waals surface area contributed by atoms with E-state index in [0.717, 1.165) is 13.1 Å². The molecule has 2 saturated heterocycles. The molecule has 0 aromatic heterocycles. The fourth-order valence-corrected chi connectivity index (χ4v) is 4.06. The van der Waals surface area contributed by atoms with Crippen LogP contribution in [0.15, 0.2) is 43.0 Å². The van der Waals surface area contributed by atoms with Crippen molar-refractivity contribution in [3.05, 3.63) is 48.6 Å². The number of nitrogens with zero attached hydrogens (tertiary/aromatic N) is 2. The van der Waals surface area contributed by atoms with Gasteiger partial charge in [0.15, 0.2) is 0 Å². The maximum atomic E-state index is 12.9. The van der Waals surface area contributed by atoms with Crippen LogP contribution in [0.25, 0.3) is 0 Å². The third-order valence-electron chi connectivity index (χ3n) is 5.29. The van der Waals surface area contributed by atoms with Crippen LogP contribution < -0.4 is 0 Å². The van der Waals surface area contributed by atoms with Gasteiger partial charge in [-0.3, -0.25) is 9.80 Å². The van der Waals surface area contributed by atoms with Gasteiger partial charge in [-0.25, -0.2) is 4.79 Å². The predicted molar refractivity (Wildman–Crippen MR) is 102 cm³/mol. The summed E-state index contributed by atoms with van der Waals surface area (Å²) in [6.45, 7) is 14.7. The minimum atomic E-state index is -0.660. The first kappa shape index (κ1) is 18.9. The van der Waals surface area contributed by atoms with Crippen LogP contribution in [0.1, 0.15) is 33.3 Å². The van der Waals surface area contributed by atoms with Crippen LogP contribution >= 0.6 is 0 Å². The molecule has 2 aliphatic rings. The van der Waals surface area contributed by atoms with Crippen molar-refractivity contribution >= 4 is 6.09 Å². The van der Waals surface area contributed by atoms with E-state index in [1.54, 1.807) is 4.90 Å². The highest BCUT2D eigenvalue weighted by atomic mass is 16.6. The van der Waals surface area contributed by atoms with E-state index >= 15 is 0 Å².